The quantitative estimate of drug-likeness (QED) is 0.668. The van der Waals surface area contributed by atoms with Crippen LogP contribution in [0.5, 0.6) is 5.75 Å². The maximum absolute atomic E-state index is 13.4. The smallest absolute Gasteiger partial charge is 0.282 e. The number of ketones is 1. The Balaban J connectivity index is 1.82. The van der Waals surface area contributed by atoms with Gasteiger partial charge >= 0.3 is 0 Å². The van der Waals surface area contributed by atoms with Crippen LogP contribution in [0.3, 0.4) is 0 Å². The molecule has 0 aliphatic carbocycles. The van der Waals surface area contributed by atoms with Gasteiger partial charge in [-0.2, -0.15) is 0 Å². The molecule has 29 heavy (non-hydrogen) atoms. The van der Waals surface area contributed by atoms with Gasteiger partial charge in [0.25, 0.3) is 5.91 Å². The summed E-state index contributed by atoms with van der Waals surface area (Å²) in [4.78, 5) is 15.4. The second-order valence-electron chi connectivity index (χ2n) is 7.13. The van der Waals surface area contributed by atoms with E-state index in [2.05, 4.69) is 0 Å². The number of para-hydroxylation sites is 2. The molecular formula is C24H21NO4. The van der Waals surface area contributed by atoms with E-state index in [9.17, 15) is 4.79 Å². The molecule has 3 aromatic rings. The summed E-state index contributed by atoms with van der Waals surface area (Å²) in [6.45, 7) is 0. The standard InChI is InChI=1S/C24H21NO4/c1-27-20-15-9-8-14-19(20)25-21(16-10-4-3-5-11-16)23-22(26)17-12-6-7-13-18(17)24(25,28-2)29-23/h3-15,21,23H,1-2H3/t21-,23-,24-/m1/s1. The van der Waals surface area contributed by atoms with Crippen molar-refractivity contribution in [3.8, 4) is 5.75 Å². The Morgan fingerprint density at radius 1 is 0.897 bits per heavy atom. The van der Waals surface area contributed by atoms with Gasteiger partial charge in [0.2, 0.25) is 0 Å². The van der Waals surface area contributed by atoms with Crippen molar-refractivity contribution in [2.24, 2.45) is 0 Å². The van der Waals surface area contributed by atoms with Crippen LogP contribution in [0.15, 0.2) is 78.9 Å². The van der Waals surface area contributed by atoms with Gasteiger partial charge in [-0.05, 0) is 17.7 Å². The number of rotatable bonds is 4. The fraction of sp³-hybridized carbons (Fsp3) is 0.208. The molecule has 0 amide bonds. The van der Waals surface area contributed by atoms with E-state index in [4.69, 9.17) is 14.2 Å². The molecule has 5 heteroatoms. The fourth-order valence-corrected chi connectivity index (χ4v) is 4.50. The Morgan fingerprint density at radius 2 is 1.59 bits per heavy atom. The first-order valence-electron chi connectivity index (χ1n) is 9.55. The number of hydrogen-bond donors (Lipinski definition) is 0. The number of hydrogen-bond acceptors (Lipinski definition) is 5. The van der Waals surface area contributed by atoms with Gasteiger partial charge in [-0.25, -0.2) is 0 Å². The molecule has 5 nitrogen and oxygen atoms in total. The molecule has 2 heterocycles. The number of benzene rings is 3. The predicted molar refractivity (Wildman–Crippen MR) is 109 cm³/mol. The van der Waals surface area contributed by atoms with Crippen molar-refractivity contribution in [1.82, 2.24) is 0 Å². The summed E-state index contributed by atoms with van der Waals surface area (Å²) in [6, 6.07) is 24.8. The van der Waals surface area contributed by atoms with Crippen LogP contribution in [0.4, 0.5) is 5.69 Å². The zero-order chi connectivity index (χ0) is 20.0. The topological polar surface area (TPSA) is 48.0 Å². The average Bonchev–Trinajstić information content (AvgIpc) is 3.11. The first kappa shape index (κ1) is 17.9. The minimum absolute atomic E-state index is 0.0421. The number of anilines is 1. The number of Topliss-reactive ketones (excluding diaryl/α,β-unsaturated/α-hetero) is 1. The van der Waals surface area contributed by atoms with Gasteiger partial charge in [-0.3, -0.25) is 4.79 Å². The number of fused-ring (bicyclic) bond motifs is 4. The van der Waals surface area contributed by atoms with Crippen molar-refractivity contribution in [2.45, 2.75) is 18.1 Å². The maximum atomic E-state index is 13.4. The molecular weight excluding hydrogens is 366 g/mol. The lowest BCUT2D eigenvalue weighted by molar-refractivity contribution is -0.215. The normalized spacial score (nSPS) is 25.0. The van der Waals surface area contributed by atoms with Crippen LogP contribution in [0, 0.1) is 0 Å². The van der Waals surface area contributed by atoms with Gasteiger partial charge in [0.15, 0.2) is 11.9 Å². The number of methoxy groups -OCH3 is 2. The molecule has 2 bridgehead atoms. The fourth-order valence-electron chi connectivity index (χ4n) is 4.50. The highest BCUT2D eigenvalue weighted by Crippen LogP contribution is 2.56. The van der Waals surface area contributed by atoms with Gasteiger partial charge in [0.1, 0.15) is 5.75 Å². The van der Waals surface area contributed by atoms with Crippen molar-refractivity contribution in [2.75, 3.05) is 19.1 Å². The summed E-state index contributed by atoms with van der Waals surface area (Å²) in [5.41, 5.74) is 3.11. The number of nitrogens with zero attached hydrogens (tertiary/aromatic N) is 1. The second kappa shape index (κ2) is 6.72. The zero-order valence-electron chi connectivity index (χ0n) is 16.2. The molecule has 3 atom stereocenters. The van der Waals surface area contributed by atoms with E-state index in [1.54, 1.807) is 14.2 Å². The molecule has 3 aromatic carbocycles. The molecule has 5 rings (SSSR count). The molecule has 0 spiro atoms. The van der Waals surface area contributed by atoms with Crippen LogP contribution >= 0.6 is 0 Å². The second-order valence-corrected chi connectivity index (χ2v) is 7.13. The van der Waals surface area contributed by atoms with Gasteiger partial charge in [0, 0.05) is 18.2 Å². The molecule has 146 valence electrons. The lowest BCUT2D eigenvalue weighted by Gasteiger charge is -2.40. The van der Waals surface area contributed by atoms with Crippen molar-refractivity contribution in [3.63, 3.8) is 0 Å². The van der Waals surface area contributed by atoms with E-state index in [1.807, 2.05) is 83.8 Å². The Bertz CT molecular complexity index is 1070. The monoisotopic (exact) mass is 387 g/mol. The highest BCUT2D eigenvalue weighted by atomic mass is 16.7. The third kappa shape index (κ3) is 2.44. The summed E-state index contributed by atoms with van der Waals surface area (Å²) in [7, 11) is 3.25. The Labute approximate surface area is 169 Å². The Hall–Kier alpha value is -3.15. The largest absolute Gasteiger partial charge is 0.495 e. The summed E-state index contributed by atoms with van der Waals surface area (Å²) in [5, 5.41) is 0. The first-order valence-corrected chi connectivity index (χ1v) is 9.55. The van der Waals surface area contributed by atoms with Gasteiger partial charge < -0.3 is 19.1 Å². The van der Waals surface area contributed by atoms with Gasteiger partial charge in [-0.15, -0.1) is 0 Å². The molecule has 0 radical (unpaired) electrons. The van der Waals surface area contributed by atoms with E-state index in [1.165, 1.54) is 0 Å². The molecule has 0 unspecified atom stereocenters. The summed E-state index contributed by atoms with van der Waals surface area (Å²) in [6.07, 6.45) is -0.697. The van der Waals surface area contributed by atoms with Crippen LogP contribution in [-0.4, -0.2) is 26.1 Å². The third-order valence-electron chi connectivity index (χ3n) is 5.72. The third-order valence-corrected chi connectivity index (χ3v) is 5.72. The van der Waals surface area contributed by atoms with Crippen LogP contribution in [0.25, 0.3) is 0 Å². The van der Waals surface area contributed by atoms with Crippen LogP contribution in [0.1, 0.15) is 27.5 Å². The molecule has 1 fully saturated rings. The maximum Gasteiger partial charge on any atom is 0.282 e. The molecule has 2 aliphatic rings. The van der Waals surface area contributed by atoms with Crippen molar-refractivity contribution in [1.29, 1.82) is 0 Å². The van der Waals surface area contributed by atoms with E-state index in [0.29, 0.717) is 16.9 Å². The van der Waals surface area contributed by atoms with E-state index < -0.39 is 12.0 Å². The summed E-state index contributed by atoms with van der Waals surface area (Å²) < 4.78 is 18.1. The molecule has 0 aromatic heterocycles. The van der Waals surface area contributed by atoms with Gasteiger partial charge in [0.05, 0.1) is 18.8 Å². The molecule has 0 saturated carbocycles. The first-order chi connectivity index (χ1) is 14.2. The summed E-state index contributed by atoms with van der Waals surface area (Å²) >= 11 is 0. The van der Waals surface area contributed by atoms with Crippen molar-refractivity contribution < 1.29 is 19.0 Å². The van der Waals surface area contributed by atoms with Crippen molar-refractivity contribution in [3.05, 3.63) is 95.6 Å². The average molecular weight is 387 g/mol. The van der Waals surface area contributed by atoms with E-state index in [-0.39, 0.29) is 11.8 Å². The minimum atomic E-state index is -1.23. The zero-order valence-corrected chi connectivity index (χ0v) is 16.2. The number of carbonyl (C=O) groups excluding carboxylic acids is 1. The van der Waals surface area contributed by atoms with Crippen LogP contribution < -0.4 is 9.64 Å². The SMILES string of the molecule is COc1ccccc1N1[C@H](c2ccccc2)[C@H]2O[C@]1(OC)c1ccccc1C2=O. The highest BCUT2D eigenvalue weighted by molar-refractivity contribution is 6.04. The minimum Gasteiger partial charge on any atom is -0.495 e. The lowest BCUT2D eigenvalue weighted by Crippen LogP contribution is -2.46. The van der Waals surface area contributed by atoms with E-state index >= 15 is 0 Å². The van der Waals surface area contributed by atoms with Crippen molar-refractivity contribution >= 4 is 11.5 Å². The molecule has 2 aliphatic heterocycles. The Morgan fingerprint density at radius 3 is 2.34 bits per heavy atom. The van der Waals surface area contributed by atoms with Gasteiger partial charge in [-0.1, -0.05) is 66.7 Å². The van der Waals surface area contributed by atoms with Crippen LogP contribution in [0.2, 0.25) is 0 Å². The van der Waals surface area contributed by atoms with Crippen LogP contribution in [-0.2, 0) is 15.4 Å². The van der Waals surface area contributed by atoms with E-state index in [0.717, 1.165) is 11.3 Å². The molecule has 0 N–H and O–H groups in total. The summed E-state index contributed by atoms with van der Waals surface area (Å²) in [5.74, 6) is -0.588. The molecule has 1 saturated heterocycles. The lowest BCUT2D eigenvalue weighted by atomic mass is 9.93. The number of ether oxygens (including phenoxy) is 3. The highest BCUT2D eigenvalue weighted by Gasteiger charge is 2.62. The number of carbonyl (C=O) groups is 1. The predicted octanol–water partition coefficient (Wildman–Crippen LogP) is 4.29. The Kier molecular flexibility index (Phi) is 4.15.